The van der Waals surface area contributed by atoms with Crippen molar-refractivity contribution in [3.63, 3.8) is 0 Å². The van der Waals surface area contributed by atoms with Gasteiger partial charge in [0.25, 0.3) is 5.91 Å². The highest BCUT2D eigenvalue weighted by Gasteiger charge is 2.29. The van der Waals surface area contributed by atoms with Crippen molar-refractivity contribution >= 4 is 17.3 Å². The molecule has 2 aliphatic rings. The number of nitrogens with zero attached hydrogens (tertiary/aromatic N) is 3. The molecule has 3 aromatic rings. The van der Waals surface area contributed by atoms with Gasteiger partial charge >= 0.3 is 0 Å². The Morgan fingerprint density at radius 3 is 2.58 bits per heavy atom. The van der Waals surface area contributed by atoms with Gasteiger partial charge in [-0.3, -0.25) is 4.79 Å². The van der Waals surface area contributed by atoms with Crippen LogP contribution >= 0.6 is 0 Å². The SMILES string of the molecule is CC1Cc2ccccc2N1Cc1occc1C(=O)N(C)Cc1ccccc1N1CCOCC1. The molecule has 33 heavy (non-hydrogen) atoms. The first-order valence-electron chi connectivity index (χ1n) is 11.7. The number of para-hydroxylation sites is 2. The van der Waals surface area contributed by atoms with E-state index in [0.717, 1.165) is 44.0 Å². The number of hydrogen-bond acceptors (Lipinski definition) is 5. The average molecular weight is 446 g/mol. The molecule has 0 N–H and O–H groups in total. The van der Waals surface area contributed by atoms with Gasteiger partial charge in [-0.25, -0.2) is 0 Å². The second kappa shape index (κ2) is 9.32. The normalized spacial score (nSPS) is 17.8. The van der Waals surface area contributed by atoms with Crippen LogP contribution in [0.25, 0.3) is 0 Å². The lowest BCUT2D eigenvalue weighted by Crippen LogP contribution is -2.37. The van der Waals surface area contributed by atoms with Gasteiger partial charge in [0.05, 0.1) is 31.6 Å². The third kappa shape index (κ3) is 4.35. The predicted octanol–water partition coefficient (Wildman–Crippen LogP) is 4.34. The number of furan rings is 1. The molecule has 0 bridgehead atoms. The summed E-state index contributed by atoms with van der Waals surface area (Å²) in [5.41, 5.74) is 5.53. The van der Waals surface area contributed by atoms with E-state index in [4.69, 9.17) is 9.15 Å². The van der Waals surface area contributed by atoms with Crippen LogP contribution in [0.4, 0.5) is 11.4 Å². The van der Waals surface area contributed by atoms with Crippen molar-refractivity contribution in [3.8, 4) is 0 Å². The second-order valence-corrected chi connectivity index (χ2v) is 8.96. The number of hydrogen-bond donors (Lipinski definition) is 0. The van der Waals surface area contributed by atoms with E-state index in [-0.39, 0.29) is 5.91 Å². The fraction of sp³-hybridized carbons (Fsp3) is 0.370. The Morgan fingerprint density at radius 2 is 1.76 bits per heavy atom. The van der Waals surface area contributed by atoms with Crippen molar-refractivity contribution in [2.45, 2.75) is 32.5 Å². The molecule has 1 fully saturated rings. The zero-order chi connectivity index (χ0) is 22.8. The largest absolute Gasteiger partial charge is 0.467 e. The molecule has 3 heterocycles. The van der Waals surface area contributed by atoms with Crippen molar-refractivity contribution in [3.05, 3.63) is 83.3 Å². The molecule has 0 saturated carbocycles. The summed E-state index contributed by atoms with van der Waals surface area (Å²) in [6.45, 7) is 6.56. The predicted molar refractivity (Wildman–Crippen MR) is 130 cm³/mol. The van der Waals surface area contributed by atoms with Gasteiger partial charge in [-0.1, -0.05) is 36.4 Å². The van der Waals surface area contributed by atoms with Crippen LogP contribution in [0.2, 0.25) is 0 Å². The molecule has 172 valence electrons. The summed E-state index contributed by atoms with van der Waals surface area (Å²) >= 11 is 0. The Kier molecular flexibility index (Phi) is 6.09. The lowest BCUT2D eigenvalue weighted by atomic mass is 10.1. The summed E-state index contributed by atoms with van der Waals surface area (Å²) in [6.07, 6.45) is 2.64. The Balaban J connectivity index is 1.32. The van der Waals surface area contributed by atoms with E-state index in [2.05, 4.69) is 59.2 Å². The number of anilines is 2. The number of benzene rings is 2. The maximum absolute atomic E-state index is 13.4. The van der Waals surface area contributed by atoms with Crippen LogP contribution in [0.1, 0.15) is 34.2 Å². The van der Waals surface area contributed by atoms with Crippen LogP contribution in [0.5, 0.6) is 0 Å². The highest BCUT2D eigenvalue weighted by atomic mass is 16.5. The van der Waals surface area contributed by atoms with E-state index < -0.39 is 0 Å². The molecule has 2 aromatic carbocycles. The van der Waals surface area contributed by atoms with Crippen molar-refractivity contribution in [1.29, 1.82) is 0 Å². The number of carbonyl (C=O) groups is 1. The maximum Gasteiger partial charge on any atom is 0.257 e. The standard InChI is InChI=1S/C27H31N3O3/c1-20-17-21-7-3-6-10-25(21)30(20)19-26-23(11-14-33-26)27(31)28(2)18-22-8-4-5-9-24(22)29-12-15-32-16-13-29/h3-11,14,20H,12-13,15-19H2,1-2H3. The van der Waals surface area contributed by atoms with Gasteiger partial charge in [0.1, 0.15) is 5.76 Å². The third-order valence-corrected chi connectivity index (χ3v) is 6.74. The Labute approximate surface area is 195 Å². The Hall–Kier alpha value is -3.25. The third-order valence-electron chi connectivity index (χ3n) is 6.74. The number of ether oxygens (including phenoxy) is 1. The van der Waals surface area contributed by atoms with E-state index >= 15 is 0 Å². The Morgan fingerprint density at radius 1 is 1.03 bits per heavy atom. The molecule has 6 heteroatoms. The van der Waals surface area contributed by atoms with Gasteiger partial charge in [0.2, 0.25) is 0 Å². The molecular formula is C27H31N3O3. The van der Waals surface area contributed by atoms with Gasteiger partial charge in [-0.2, -0.15) is 0 Å². The molecule has 1 saturated heterocycles. The summed E-state index contributed by atoms with van der Waals surface area (Å²) in [6, 6.07) is 19.0. The molecule has 2 aliphatic heterocycles. The number of carbonyl (C=O) groups excluding carboxylic acids is 1. The van der Waals surface area contributed by atoms with Gasteiger partial charge in [0.15, 0.2) is 0 Å². The molecule has 0 spiro atoms. The van der Waals surface area contributed by atoms with Crippen LogP contribution in [-0.4, -0.2) is 50.2 Å². The number of amides is 1. The van der Waals surface area contributed by atoms with Gasteiger partial charge < -0.3 is 23.9 Å². The topological polar surface area (TPSA) is 49.2 Å². The van der Waals surface area contributed by atoms with Gasteiger partial charge in [-0.15, -0.1) is 0 Å². The minimum absolute atomic E-state index is 0.0179. The van der Waals surface area contributed by atoms with Crippen molar-refractivity contribution in [1.82, 2.24) is 4.90 Å². The molecular weight excluding hydrogens is 414 g/mol. The van der Waals surface area contributed by atoms with E-state index in [1.165, 1.54) is 16.9 Å². The molecule has 5 rings (SSSR count). The molecule has 0 radical (unpaired) electrons. The van der Waals surface area contributed by atoms with Crippen LogP contribution in [0.15, 0.2) is 65.3 Å². The molecule has 0 aliphatic carbocycles. The molecule has 6 nitrogen and oxygen atoms in total. The highest BCUT2D eigenvalue weighted by molar-refractivity contribution is 5.95. The minimum Gasteiger partial charge on any atom is -0.467 e. The number of fused-ring (bicyclic) bond motifs is 1. The van der Waals surface area contributed by atoms with E-state index in [0.29, 0.717) is 24.7 Å². The van der Waals surface area contributed by atoms with Gasteiger partial charge in [-0.05, 0) is 42.7 Å². The minimum atomic E-state index is -0.0179. The van der Waals surface area contributed by atoms with E-state index in [1.807, 2.05) is 13.1 Å². The summed E-state index contributed by atoms with van der Waals surface area (Å²) < 4.78 is 11.3. The van der Waals surface area contributed by atoms with Crippen LogP contribution in [0.3, 0.4) is 0 Å². The highest BCUT2D eigenvalue weighted by Crippen LogP contribution is 2.34. The smallest absolute Gasteiger partial charge is 0.257 e. The summed E-state index contributed by atoms with van der Waals surface area (Å²) in [4.78, 5) is 19.9. The molecule has 1 atom stereocenters. The van der Waals surface area contributed by atoms with Crippen molar-refractivity contribution < 1.29 is 13.9 Å². The molecule has 1 unspecified atom stereocenters. The number of morpholine rings is 1. The van der Waals surface area contributed by atoms with E-state index in [1.54, 1.807) is 17.2 Å². The zero-order valence-electron chi connectivity index (χ0n) is 19.4. The molecule has 1 amide bonds. The fourth-order valence-electron chi connectivity index (χ4n) is 4.97. The lowest BCUT2D eigenvalue weighted by molar-refractivity contribution is 0.0782. The van der Waals surface area contributed by atoms with Crippen LogP contribution in [0, 0.1) is 0 Å². The fourth-order valence-corrected chi connectivity index (χ4v) is 4.97. The second-order valence-electron chi connectivity index (χ2n) is 8.96. The number of rotatable bonds is 6. The van der Waals surface area contributed by atoms with E-state index in [9.17, 15) is 4.79 Å². The first-order chi connectivity index (χ1) is 16.1. The quantitative estimate of drug-likeness (QED) is 0.565. The zero-order valence-corrected chi connectivity index (χ0v) is 19.4. The maximum atomic E-state index is 13.4. The summed E-state index contributed by atoms with van der Waals surface area (Å²) in [7, 11) is 1.86. The Bertz CT molecular complexity index is 1120. The van der Waals surface area contributed by atoms with Crippen LogP contribution < -0.4 is 9.80 Å². The van der Waals surface area contributed by atoms with Crippen molar-refractivity contribution in [2.24, 2.45) is 0 Å². The van der Waals surface area contributed by atoms with Gasteiger partial charge in [0, 0.05) is 44.1 Å². The first-order valence-corrected chi connectivity index (χ1v) is 11.7. The summed E-state index contributed by atoms with van der Waals surface area (Å²) in [5, 5.41) is 0. The first kappa shape index (κ1) is 21.6. The summed E-state index contributed by atoms with van der Waals surface area (Å²) in [5.74, 6) is 0.701. The van der Waals surface area contributed by atoms with Crippen LogP contribution in [-0.2, 0) is 24.2 Å². The monoisotopic (exact) mass is 445 g/mol. The average Bonchev–Trinajstić information content (AvgIpc) is 3.44. The molecule has 1 aromatic heterocycles. The lowest BCUT2D eigenvalue weighted by Gasteiger charge is -2.31. The van der Waals surface area contributed by atoms with Crippen molar-refractivity contribution in [2.75, 3.05) is 43.2 Å².